The number of nitrogens with one attached hydrogen (secondary N) is 1. The lowest BCUT2D eigenvalue weighted by molar-refractivity contribution is -0.125. The summed E-state index contributed by atoms with van der Waals surface area (Å²) in [6.45, 7) is 1.48. The Balaban J connectivity index is 1.54. The van der Waals surface area contributed by atoms with Crippen molar-refractivity contribution < 1.29 is 14.4 Å². The first-order valence-corrected chi connectivity index (χ1v) is 11.4. The predicted molar refractivity (Wildman–Crippen MR) is 118 cm³/mol. The van der Waals surface area contributed by atoms with Crippen LogP contribution >= 0.6 is 11.3 Å². The third-order valence-electron chi connectivity index (χ3n) is 5.96. The summed E-state index contributed by atoms with van der Waals surface area (Å²) in [4.78, 5) is 40.8. The Bertz CT molecular complexity index is 954. The molecule has 0 spiro atoms. The number of hydrogen-bond donors (Lipinski definition) is 2. The molecule has 1 saturated heterocycles. The molecule has 6 nitrogen and oxygen atoms in total. The number of carbonyl (C=O) groups excluding carboxylic acids is 3. The number of anilines is 1. The van der Waals surface area contributed by atoms with Crippen LogP contribution in [0.1, 0.15) is 52.0 Å². The fourth-order valence-corrected chi connectivity index (χ4v) is 5.73. The van der Waals surface area contributed by atoms with Crippen molar-refractivity contribution in [2.75, 3.05) is 25.0 Å². The van der Waals surface area contributed by atoms with Gasteiger partial charge in [0.15, 0.2) is 5.78 Å². The van der Waals surface area contributed by atoms with Crippen molar-refractivity contribution in [2.45, 2.75) is 38.5 Å². The van der Waals surface area contributed by atoms with Gasteiger partial charge in [0, 0.05) is 17.0 Å². The van der Waals surface area contributed by atoms with E-state index in [1.807, 2.05) is 35.2 Å². The van der Waals surface area contributed by atoms with E-state index in [0.29, 0.717) is 22.7 Å². The van der Waals surface area contributed by atoms with Crippen LogP contribution in [0.5, 0.6) is 0 Å². The summed E-state index contributed by atoms with van der Waals surface area (Å²) in [7, 11) is 0. The minimum absolute atomic E-state index is 0.0305. The normalized spacial score (nSPS) is 19.1. The Hall–Kier alpha value is -2.51. The van der Waals surface area contributed by atoms with Gasteiger partial charge in [-0.25, -0.2) is 0 Å². The zero-order chi connectivity index (χ0) is 21.1. The molecule has 2 aliphatic rings. The fourth-order valence-electron chi connectivity index (χ4n) is 4.43. The van der Waals surface area contributed by atoms with Crippen LogP contribution in [0, 0.1) is 5.92 Å². The zero-order valence-electron chi connectivity index (χ0n) is 17.0. The fraction of sp³-hybridized carbons (Fsp3) is 0.435. The molecule has 0 radical (unpaired) electrons. The third-order valence-corrected chi connectivity index (χ3v) is 7.17. The van der Waals surface area contributed by atoms with Gasteiger partial charge < -0.3 is 11.1 Å². The number of benzene rings is 1. The van der Waals surface area contributed by atoms with Gasteiger partial charge in [-0.2, -0.15) is 0 Å². The molecule has 7 heteroatoms. The molecular formula is C23H27N3O3S. The van der Waals surface area contributed by atoms with Crippen LogP contribution in [0.15, 0.2) is 30.3 Å². The molecule has 30 heavy (non-hydrogen) atoms. The predicted octanol–water partition coefficient (Wildman–Crippen LogP) is 2.99. The summed E-state index contributed by atoms with van der Waals surface area (Å²) in [5, 5.41) is 3.67. The minimum atomic E-state index is -0.304. The van der Waals surface area contributed by atoms with Crippen LogP contribution in [0.3, 0.4) is 0 Å². The minimum Gasteiger partial charge on any atom is -0.369 e. The Morgan fingerprint density at radius 3 is 2.63 bits per heavy atom. The summed E-state index contributed by atoms with van der Waals surface area (Å²) in [6, 6.07) is 9.24. The summed E-state index contributed by atoms with van der Waals surface area (Å²) in [6.07, 6.45) is 5.64. The van der Waals surface area contributed by atoms with E-state index < -0.39 is 0 Å². The molecule has 0 unspecified atom stereocenters. The maximum atomic E-state index is 13.3. The SMILES string of the molecule is NC(=O)[C@H]1CCCN(CC(=O)Nc2sc3c(c2C(=O)c2ccccc2)CCCC3)C1. The zero-order valence-corrected chi connectivity index (χ0v) is 17.8. The summed E-state index contributed by atoms with van der Waals surface area (Å²) >= 11 is 1.54. The number of primary amides is 1. The van der Waals surface area contributed by atoms with Gasteiger partial charge in [0.05, 0.1) is 18.0 Å². The van der Waals surface area contributed by atoms with Crippen molar-refractivity contribution >= 4 is 33.9 Å². The molecule has 2 amide bonds. The number of nitrogens with two attached hydrogens (primary N) is 1. The quantitative estimate of drug-likeness (QED) is 0.696. The molecule has 1 aliphatic carbocycles. The van der Waals surface area contributed by atoms with Gasteiger partial charge in [-0.3, -0.25) is 19.3 Å². The highest BCUT2D eigenvalue weighted by molar-refractivity contribution is 7.17. The maximum Gasteiger partial charge on any atom is 0.239 e. The molecule has 1 aliphatic heterocycles. The average molecular weight is 426 g/mol. The molecule has 0 saturated carbocycles. The van der Waals surface area contributed by atoms with E-state index in [4.69, 9.17) is 5.73 Å². The first-order chi connectivity index (χ1) is 14.5. The van der Waals surface area contributed by atoms with Gasteiger partial charge >= 0.3 is 0 Å². The van der Waals surface area contributed by atoms with E-state index in [-0.39, 0.29) is 30.1 Å². The number of hydrogen-bond acceptors (Lipinski definition) is 5. The average Bonchev–Trinajstić information content (AvgIpc) is 3.11. The van der Waals surface area contributed by atoms with Crippen LogP contribution < -0.4 is 11.1 Å². The van der Waals surface area contributed by atoms with E-state index in [1.165, 1.54) is 16.2 Å². The van der Waals surface area contributed by atoms with Gasteiger partial charge in [-0.1, -0.05) is 30.3 Å². The molecule has 0 bridgehead atoms. The van der Waals surface area contributed by atoms with Gasteiger partial charge in [-0.15, -0.1) is 11.3 Å². The van der Waals surface area contributed by atoms with Crippen molar-refractivity contribution in [3.63, 3.8) is 0 Å². The lowest BCUT2D eigenvalue weighted by Gasteiger charge is -2.30. The molecule has 1 aromatic heterocycles. The van der Waals surface area contributed by atoms with Crippen LogP contribution in [-0.2, 0) is 22.4 Å². The van der Waals surface area contributed by atoms with E-state index in [0.717, 1.165) is 50.6 Å². The number of aryl methyl sites for hydroxylation is 1. The second-order valence-corrected chi connectivity index (χ2v) is 9.24. The number of nitrogens with zero attached hydrogens (tertiary/aromatic N) is 1. The van der Waals surface area contributed by atoms with Gasteiger partial charge in [0.25, 0.3) is 0 Å². The highest BCUT2D eigenvalue weighted by atomic mass is 32.1. The molecule has 1 atom stereocenters. The molecule has 158 valence electrons. The smallest absolute Gasteiger partial charge is 0.239 e. The Kier molecular flexibility index (Phi) is 6.29. The summed E-state index contributed by atoms with van der Waals surface area (Å²) < 4.78 is 0. The monoisotopic (exact) mass is 425 g/mol. The van der Waals surface area contributed by atoms with E-state index in [2.05, 4.69) is 5.32 Å². The van der Waals surface area contributed by atoms with Crippen molar-refractivity contribution in [3.05, 3.63) is 51.9 Å². The maximum absolute atomic E-state index is 13.3. The topological polar surface area (TPSA) is 92.5 Å². The molecule has 2 heterocycles. The molecule has 3 N–H and O–H groups in total. The van der Waals surface area contributed by atoms with Crippen LogP contribution in [0.25, 0.3) is 0 Å². The Labute approximate surface area is 180 Å². The first kappa shape index (κ1) is 20.8. The molecular weight excluding hydrogens is 398 g/mol. The van der Waals surface area contributed by atoms with Gasteiger partial charge in [-0.05, 0) is 50.6 Å². The summed E-state index contributed by atoms with van der Waals surface area (Å²) in [5.41, 5.74) is 7.84. The molecule has 4 rings (SSSR count). The van der Waals surface area contributed by atoms with E-state index in [9.17, 15) is 14.4 Å². The number of rotatable bonds is 6. The molecule has 1 aromatic carbocycles. The largest absolute Gasteiger partial charge is 0.369 e. The van der Waals surface area contributed by atoms with Crippen molar-refractivity contribution in [3.8, 4) is 0 Å². The van der Waals surface area contributed by atoms with Crippen LogP contribution in [0.2, 0.25) is 0 Å². The number of likely N-dealkylation sites (tertiary alicyclic amines) is 1. The van der Waals surface area contributed by atoms with E-state index in [1.54, 1.807) is 0 Å². The first-order valence-electron chi connectivity index (χ1n) is 10.6. The lowest BCUT2D eigenvalue weighted by atomic mass is 9.92. The summed E-state index contributed by atoms with van der Waals surface area (Å²) in [5.74, 6) is -0.685. The van der Waals surface area contributed by atoms with Crippen molar-refractivity contribution in [1.29, 1.82) is 0 Å². The standard InChI is InChI=1S/C23H27N3O3S/c24-22(29)16-9-6-12-26(13-16)14-19(27)25-23-20(17-10-4-5-11-18(17)30-23)21(28)15-7-2-1-3-8-15/h1-3,7-8,16H,4-6,9-14H2,(H2,24,29)(H,25,27)/t16-/m0/s1. The number of piperidine rings is 1. The van der Waals surface area contributed by atoms with E-state index >= 15 is 0 Å². The lowest BCUT2D eigenvalue weighted by Crippen LogP contribution is -2.44. The number of amides is 2. The molecule has 2 aromatic rings. The van der Waals surface area contributed by atoms with Gasteiger partial charge in [0.1, 0.15) is 5.00 Å². The van der Waals surface area contributed by atoms with Crippen molar-refractivity contribution in [1.82, 2.24) is 4.90 Å². The Morgan fingerprint density at radius 2 is 1.87 bits per heavy atom. The highest BCUT2D eigenvalue weighted by Gasteiger charge is 2.28. The molecule has 1 fully saturated rings. The Morgan fingerprint density at radius 1 is 1.10 bits per heavy atom. The van der Waals surface area contributed by atoms with Crippen molar-refractivity contribution in [2.24, 2.45) is 11.7 Å². The number of carbonyl (C=O) groups is 3. The second-order valence-electron chi connectivity index (χ2n) is 8.13. The number of thiophene rings is 1. The third kappa shape index (κ3) is 4.47. The van der Waals surface area contributed by atoms with Crippen LogP contribution in [-0.4, -0.2) is 42.1 Å². The second kappa shape index (κ2) is 9.10. The van der Waals surface area contributed by atoms with Gasteiger partial charge in [0.2, 0.25) is 11.8 Å². The number of fused-ring (bicyclic) bond motifs is 1. The highest BCUT2D eigenvalue weighted by Crippen LogP contribution is 2.39. The van der Waals surface area contributed by atoms with Crippen LogP contribution in [0.4, 0.5) is 5.00 Å². The number of ketones is 1.